The van der Waals surface area contributed by atoms with Gasteiger partial charge in [-0.05, 0) is 13.0 Å². The Hall–Kier alpha value is -2.88. The maximum atomic E-state index is 11.2. The Labute approximate surface area is 135 Å². The summed E-state index contributed by atoms with van der Waals surface area (Å²) < 4.78 is 2.12. The Kier molecular flexibility index (Phi) is 3.98. The van der Waals surface area contributed by atoms with Gasteiger partial charge in [0.15, 0.2) is 0 Å². The number of aryl methyl sites for hydroxylation is 1. The number of benzene rings is 2. The van der Waals surface area contributed by atoms with Crippen LogP contribution in [0.4, 0.5) is 0 Å². The summed E-state index contributed by atoms with van der Waals surface area (Å²) in [6.45, 7) is 3.39. The molecule has 2 aromatic carbocycles. The summed E-state index contributed by atoms with van der Waals surface area (Å²) >= 11 is 0. The van der Waals surface area contributed by atoms with Gasteiger partial charge in [0.05, 0.1) is 0 Å². The Morgan fingerprint density at radius 3 is 2.39 bits per heavy atom. The molecule has 0 saturated heterocycles. The van der Waals surface area contributed by atoms with Crippen LogP contribution in [-0.2, 0) is 16.7 Å². The van der Waals surface area contributed by atoms with Gasteiger partial charge < -0.3 is 9.40 Å². The number of para-hydroxylation sites is 1. The molecule has 116 valence electrons. The van der Waals surface area contributed by atoms with E-state index in [1.54, 1.807) is 0 Å². The minimum Gasteiger partial charge on any atom is -0.347 e. The smallest absolute Gasteiger partial charge is 0.332 e. The Morgan fingerprint density at radius 2 is 1.70 bits per heavy atom. The quantitative estimate of drug-likeness (QED) is 0.419. The molecule has 3 aromatic rings. The van der Waals surface area contributed by atoms with Crippen molar-refractivity contribution < 1.29 is 9.63 Å². The number of hydrogen-bond acceptors (Lipinski definition) is 3. The zero-order valence-electron chi connectivity index (χ0n) is 13.4. The van der Waals surface area contributed by atoms with E-state index in [1.165, 1.54) is 6.92 Å². The SMILES string of the molecule is CC(=O)O/N=C(\c1ccccc1)c1c(C)n(C)c2ccccc12. The molecule has 1 aromatic heterocycles. The molecule has 0 fully saturated rings. The van der Waals surface area contributed by atoms with E-state index < -0.39 is 5.97 Å². The van der Waals surface area contributed by atoms with Crippen molar-refractivity contribution in [2.75, 3.05) is 0 Å². The van der Waals surface area contributed by atoms with E-state index in [9.17, 15) is 4.79 Å². The Morgan fingerprint density at radius 1 is 1.04 bits per heavy atom. The van der Waals surface area contributed by atoms with E-state index >= 15 is 0 Å². The highest BCUT2D eigenvalue weighted by molar-refractivity contribution is 6.20. The summed E-state index contributed by atoms with van der Waals surface area (Å²) in [6.07, 6.45) is 0. The van der Waals surface area contributed by atoms with E-state index in [1.807, 2.05) is 56.4 Å². The van der Waals surface area contributed by atoms with Crippen molar-refractivity contribution in [3.05, 3.63) is 71.4 Å². The predicted octanol–water partition coefficient (Wildman–Crippen LogP) is 3.80. The molecule has 3 rings (SSSR count). The first-order chi connectivity index (χ1) is 11.1. The van der Waals surface area contributed by atoms with Crippen LogP contribution in [0.25, 0.3) is 10.9 Å². The van der Waals surface area contributed by atoms with Gasteiger partial charge in [0.1, 0.15) is 5.71 Å². The molecule has 23 heavy (non-hydrogen) atoms. The van der Waals surface area contributed by atoms with Crippen molar-refractivity contribution >= 4 is 22.6 Å². The van der Waals surface area contributed by atoms with Crippen LogP contribution in [-0.4, -0.2) is 16.2 Å². The zero-order valence-corrected chi connectivity index (χ0v) is 13.4. The molecule has 4 nitrogen and oxygen atoms in total. The second-order valence-corrected chi connectivity index (χ2v) is 5.43. The number of fused-ring (bicyclic) bond motifs is 1. The molecule has 0 unspecified atom stereocenters. The molecule has 0 radical (unpaired) electrons. The fraction of sp³-hybridized carbons (Fsp3) is 0.158. The molecule has 0 spiro atoms. The van der Waals surface area contributed by atoms with Gasteiger partial charge in [-0.3, -0.25) is 0 Å². The van der Waals surface area contributed by atoms with E-state index in [4.69, 9.17) is 4.84 Å². The number of aromatic nitrogens is 1. The van der Waals surface area contributed by atoms with Gasteiger partial charge in [-0.25, -0.2) is 4.79 Å². The molecule has 4 heteroatoms. The topological polar surface area (TPSA) is 43.6 Å². The van der Waals surface area contributed by atoms with E-state index in [0.29, 0.717) is 5.71 Å². The van der Waals surface area contributed by atoms with Gasteiger partial charge in [0.25, 0.3) is 0 Å². The molecule has 0 saturated carbocycles. The minimum atomic E-state index is -0.434. The predicted molar refractivity (Wildman–Crippen MR) is 91.5 cm³/mol. The molecule has 0 aliphatic carbocycles. The fourth-order valence-electron chi connectivity index (χ4n) is 2.77. The van der Waals surface area contributed by atoms with Gasteiger partial charge in [0.2, 0.25) is 0 Å². The van der Waals surface area contributed by atoms with Crippen LogP contribution >= 0.6 is 0 Å². The molecule has 0 aliphatic heterocycles. The molecule has 0 bridgehead atoms. The molecular weight excluding hydrogens is 288 g/mol. The molecular formula is C19H18N2O2. The second-order valence-electron chi connectivity index (χ2n) is 5.43. The third-order valence-electron chi connectivity index (χ3n) is 3.95. The summed E-state index contributed by atoms with van der Waals surface area (Å²) in [6, 6.07) is 17.9. The first kappa shape index (κ1) is 15.0. The highest BCUT2D eigenvalue weighted by Gasteiger charge is 2.19. The van der Waals surface area contributed by atoms with E-state index in [2.05, 4.69) is 21.9 Å². The first-order valence-corrected chi connectivity index (χ1v) is 7.45. The number of hydrogen-bond donors (Lipinski definition) is 0. The molecule has 0 N–H and O–H groups in total. The summed E-state index contributed by atoms with van der Waals surface area (Å²) in [5.41, 5.74) is 4.74. The number of nitrogens with zero attached hydrogens (tertiary/aromatic N) is 2. The average molecular weight is 306 g/mol. The minimum absolute atomic E-state index is 0.434. The normalized spacial score (nSPS) is 11.7. The lowest BCUT2D eigenvalue weighted by Crippen LogP contribution is -2.08. The van der Waals surface area contributed by atoms with Gasteiger partial charge in [-0.1, -0.05) is 53.7 Å². The Bertz CT molecular complexity index is 892. The third-order valence-corrected chi connectivity index (χ3v) is 3.95. The molecule has 0 aliphatic rings. The van der Waals surface area contributed by atoms with E-state index in [-0.39, 0.29) is 0 Å². The van der Waals surface area contributed by atoms with Crippen LogP contribution < -0.4 is 0 Å². The lowest BCUT2D eigenvalue weighted by atomic mass is 10.00. The summed E-state index contributed by atoms with van der Waals surface area (Å²) in [5.74, 6) is -0.434. The summed E-state index contributed by atoms with van der Waals surface area (Å²) in [4.78, 5) is 16.2. The molecule has 0 amide bonds. The summed E-state index contributed by atoms with van der Waals surface area (Å²) in [5, 5.41) is 5.23. The van der Waals surface area contributed by atoms with Gasteiger partial charge in [0, 0.05) is 41.7 Å². The molecule has 0 atom stereocenters. The van der Waals surface area contributed by atoms with Gasteiger partial charge in [-0.2, -0.15) is 0 Å². The maximum Gasteiger partial charge on any atom is 0.332 e. The number of rotatable bonds is 3. The second kappa shape index (κ2) is 6.08. The largest absolute Gasteiger partial charge is 0.347 e. The number of oxime groups is 1. The van der Waals surface area contributed by atoms with Crippen molar-refractivity contribution in [2.24, 2.45) is 12.2 Å². The lowest BCUT2D eigenvalue weighted by molar-refractivity contribution is -0.140. The third kappa shape index (κ3) is 2.75. The van der Waals surface area contributed by atoms with Gasteiger partial charge in [-0.15, -0.1) is 0 Å². The van der Waals surface area contributed by atoms with Crippen LogP contribution in [0.1, 0.15) is 23.7 Å². The monoisotopic (exact) mass is 306 g/mol. The van der Waals surface area contributed by atoms with Crippen LogP contribution in [0.5, 0.6) is 0 Å². The van der Waals surface area contributed by atoms with Crippen molar-refractivity contribution in [2.45, 2.75) is 13.8 Å². The van der Waals surface area contributed by atoms with Gasteiger partial charge >= 0.3 is 5.97 Å². The maximum absolute atomic E-state index is 11.2. The van der Waals surface area contributed by atoms with Crippen molar-refractivity contribution in [3.8, 4) is 0 Å². The Balaban J connectivity index is 2.28. The highest BCUT2D eigenvalue weighted by Crippen LogP contribution is 2.27. The van der Waals surface area contributed by atoms with Crippen molar-refractivity contribution in [3.63, 3.8) is 0 Å². The van der Waals surface area contributed by atoms with Crippen molar-refractivity contribution in [1.29, 1.82) is 0 Å². The average Bonchev–Trinajstić information content (AvgIpc) is 2.81. The van der Waals surface area contributed by atoms with Crippen LogP contribution in [0.2, 0.25) is 0 Å². The number of carbonyl (C=O) groups excluding carboxylic acids is 1. The van der Waals surface area contributed by atoms with Crippen LogP contribution in [0.15, 0.2) is 59.8 Å². The zero-order chi connectivity index (χ0) is 16.4. The standard InChI is InChI=1S/C19H18N2O2/c1-13-18(16-11-7-8-12-17(16)21(13)3)19(20-23-14(2)22)15-9-5-4-6-10-15/h4-12H,1-3H3/b20-19+. The van der Waals surface area contributed by atoms with Crippen LogP contribution in [0, 0.1) is 6.92 Å². The fourth-order valence-corrected chi connectivity index (χ4v) is 2.77. The van der Waals surface area contributed by atoms with E-state index in [0.717, 1.165) is 27.7 Å². The van der Waals surface area contributed by atoms with Crippen molar-refractivity contribution in [1.82, 2.24) is 4.57 Å². The molecule has 1 heterocycles. The van der Waals surface area contributed by atoms with Crippen LogP contribution in [0.3, 0.4) is 0 Å². The summed E-state index contributed by atoms with van der Waals surface area (Å²) in [7, 11) is 2.02. The number of carbonyl (C=O) groups is 1. The first-order valence-electron chi connectivity index (χ1n) is 7.45. The highest BCUT2D eigenvalue weighted by atomic mass is 16.7. The lowest BCUT2D eigenvalue weighted by Gasteiger charge is -2.07.